The zero-order valence-electron chi connectivity index (χ0n) is 16.5. The van der Waals surface area contributed by atoms with E-state index < -0.39 is 41.8 Å². The fraction of sp³-hybridized carbons (Fsp3) is 0.450. The highest BCUT2D eigenvalue weighted by Crippen LogP contribution is 2.08. The van der Waals surface area contributed by atoms with Crippen molar-refractivity contribution in [2.75, 3.05) is 6.61 Å². The van der Waals surface area contributed by atoms with Gasteiger partial charge in [0.15, 0.2) is 6.04 Å². The molecule has 0 spiro atoms. The van der Waals surface area contributed by atoms with Crippen LogP contribution in [0.1, 0.15) is 26.3 Å². The molecule has 2 amide bonds. The number of benzene rings is 1. The van der Waals surface area contributed by atoms with Gasteiger partial charge in [-0.3, -0.25) is 4.79 Å². The molecule has 0 aromatic heterocycles. The van der Waals surface area contributed by atoms with Crippen molar-refractivity contribution in [2.24, 2.45) is 0 Å². The van der Waals surface area contributed by atoms with Crippen molar-refractivity contribution in [3.63, 3.8) is 0 Å². The van der Waals surface area contributed by atoms with E-state index in [1.54, 1.807) is 32.9 Å². The van der Waals surface area contributed by atoms with Crippen LogP contribution in [0.15, 0.2) is 30.3 Å². The number of carbonyl (C=O) groups is 3. The number of ether oxygens (including phenoxy) is 2. The Labute approximate surface area is 169 Å². The third kappa shape index (κ3) is 9.10. The highest BCUT2D eigenvalue weighted by Gasteiger charge is 2.32. The van der Waals surface area contributed by atoms with Crippen LogP contribution in [0.5, 0.6) is 0 Å². The van der Waals surface area contributed by atoms with Gasteiger partial charge in [0.2, 0.25) is 5.91 Å². The molecule has 1 rings (SSSR count). The van der Waals surface area contributed by atoms with E-state index in [1.807, 2.05) is 24.1 Å². The summed E-state index contributed by atoms with van der Waals surface area (Å²) >= 11 is 0. The second-order valence-corrected chi connectivity index (χ2v) is 7.14. The molecule has 1 aromatic carbocycles. The molecule has 0 heterocycles. The summed E-state index contributed by atoms with van der Waals surface area (Å²) in [4.78, 5) is 35.8. The predicted molar refractivity (Wildman–Crippen MR) is 104 cm³/mol. The van der Waals surface area contributed by atoms with Crippen LogP contribution in [0.25, 0.3) is 0 Å². The summed E-state index contributed by atoms with van der Waals surface area (Å²) in [5, 5.41) is 23.5. The Hall–Kier alpha value is -3.09. The van der Waals surface area contributed by atoms with Gasteiger partial charge in [-0.05, 0) is 26.3 Å². The topological polar surface area (TPSA) is 134 Å². The number of aliphatic carboxylic acids is 1. The summed E-state index contributed by atoms with van der Waals surface area (Å²) in [6, 6.07) is 6.03. The minimum atomic E-state index is -1.69. The molecule has 0 radical (unpaired) electrons. The van der Waals surface area contributed by atoms with Crippen molar-refractivity contribution in [3.8, 4) is 12.3 Å². The molecule has 4 N–H and O–H groups in total. The molecule has 0 aliphatic carbocycles. The van der Waals surface area contributed by atoms with Crippen LogP contribution >= 0.6 is 0 Å². The Kier molecular flexibility index (Phi) is 9.12. The maximum absolute atomic E-state index is 12.4. The lowest BCUT2D eigenvalue weighted by atomic mass is 10.1. The van der Waals surface area contributed by atoms with Gasteiger partial charge in [-0.25, -0.2) is 9.59 Å². The fourth-order valence-corrected chi connectivity index (χ4v) is 2.12. The Balaban J connectivity index is 2.73. The number of hydrogen-bond donors (Lipinski definition) is 4. The monoisotopic (exact) mass is 406 g/mol. The van der Waals surface area contributed by atoms with Crippen molar-refractivity contribution in [1.82, 2.24) is 10.6 Å². The third-order valence-corrected chi connectivity index (χ3v) is 3.45. The molecule has 0 aliphatic rings. The molecule has 29 heavy (non-hydrogen) atoms. The van der Waals surface area contributed by atoms with Gasteiger partial charge in [-0.15, -0.1) is 6.42 Å². The second kappa shape index (κ2) is 11.0. The van der Waals surface area contributed by atoms with E-state index in [-0.39, 0.29) is 13.2 Å². The van der Waals surface area contributed by atoms with E-state index in [0.29, 0.717) is 0 Å². The molecule has 0 saturated carbocycles. The number of amides is 2. The first kappa shape index (κ1) is 23.9. The van der Waals surface area contributed by atoms with Crippen LogP contribution in [-0.4, -0.2) is 58.6 Å². The van der Waals surface area contributed by atoms with Crippen LogP contribution in [-0.2, 0) is 25.7 Å². The molecule has 158 valence electrons. The maximum atomic E-state index is 12.4. The average molecular weight is 406 g/mol. The SMILES string of the molecule is C#C[C@H](O)[C@H](NC(=O)OC(C)(C)C)C(=O)N[C@@H](COCc1ccccc1)C(=O)O. The third-order valence-electron chi connectivity index (χ3n) is 3.45. The molecule has 0 bridgehead atoms. The van der Waals surface area contributed by atoms with Gasteiger partial charge in [0.1, 0.15) is 17.7 Å². The van der Waals surface area contributed by atoms with Crippen LogP contribution < -0.4 is 10.6 Å². The Morgan fingerprint density at radius 2 is 1.79 bits per heavy atom. The number of nitrogens with one attached hydrogen (secondary N) is 2. The predicted octanol–water partition coefficient (Wildman–Crippen LogP) is 0.660. The summed E-state index contributed by atoms with van der Waals surface area (Å²) in [7, 11) is 0. The first-order valence-electron chi connectivity index (χ1n) is 8.82. The summed E-state index contributed by atoms with van der Waals surface area (Å²) in [5.41, 5.74) is -0.0173. The molecule has 0 aliphatic heterocycles. The highest BCUT2D eigenvalue weighted by molar-refractivity contribution is 5.90. The lowest BCUT2D eigenvalue weighted by Gasteiger charge is -2.25. The number of hydrogen-bond acceptors (Lipinski definition) is 6. The largest absolute Gasteiger partial charge is 0.480 e. The summed E-state index contributed by atoms with van der Waals surface area (Å²) < 4.78 is 10.4. The molecule has 9 heteroatoms. The number of carbonyl (C=O) groups excluding carboxylic acids is 2. The quantitative estimate of drug-likeness (QED) is 0.443. The Morgan fingerprint density at radius 3 is 2.31 bits per heavy atom. The summed E-state index contributed by atoms with van der Waals surface area (Å²) in [5.74, 6) is -0.411. The van der Waals surface area contributed by atoms with Gasteiger partial charge >= 0.3 is 12.1 Å². The van der Waals surface area contributed by atoms with Crippen molar-refractivity contribution >= 4 is 18.0 Å². The fourth-order valence-electron chi connectivity index (χ4n) is 2.12. The smallest absolute Gasteiger partial charge is 0.408 e. The van der Waals surface area contributed by atoms with Crippen LogP contribution in [0.4, 0.5) is 4.79 Å². The van der Waals surface area contributed by atoms with E-state index in [4.69, 9.17) is 15.9 Å². The number of rotatable bonds is 9. The zero-order valence-corrected chi connectivity index (χ0v) is 16.5. The maximum Gasteiger partial charge on any atom is 0.408 e. The van der Waals surface area contributed by atoms with Crippen molar-refractivity contribution in [3.05, 3.63) is 35.9 Å². The first-order valence-corrected chi connectivity index (χ1v) is 8.82. The van der Waals surface area contributed by atoms with E-state index in [2.05, 4.69) is 10.6 Å². The van der Waals surface area contributed by atoms with Gasteiger partial charge in [-0.1, -0.05) is 36.3 Å². The average Bonchev–Trinajstić information content (AvgIpc) is 2.63. The number of carboxylic acids is 1. The lowest BCUT2D eigenvalue weighted by Crippen LogP contribution is -2.57. The van der Waals surface area contributed by atoms with Gasteiger partial charge in [0, 0.05) is 0 Å². The number of alkyl carbamates (subject to hydrolysis) is 1. The van der Waals surface area contributed by atoms with Crippen LogP contribution in [0.3, 0.4) is 0 Å². The first-order chi connectivity index (χ1) is 13.5. The number of aliphatic hydroxyl groups is 1. The Bertz CT molecular complexity index is 737. The van der Waals surface area contributed by atoms with E-state index in [9.17, 15) is 24.6 Å². The molecule has 3 atom stereocenters. The van der Waals surface area contributed by atoms with E-state index in [1.165, 1.54) is 0 Å². The van der Waals surface area contributed by atoms with Crippen molar-refractivity contribution in [2.45, 2.75) is 51.2 Å². The van der Waals surface area contributed by atoms with Gasteiger partial charge in [0.25, 0.3) is 0 Å². The summed E-state index contributed by atoms with van der Waals surface area (Å²) in [6.07, 6.45) is 2.46. The number of carboxylic acid groups (broad SMARTS) is 1. The summed E-state index contributed by atoms with van der Waals surface area (Å²) in [6.45, 7) is 4.66. The van der Waals surface area contributed by atoms with Crippen LogP contribution in [0.2, 0.25) is 0 Å². The normalized spacial score (nSPS) is 14.0. The number of terminal acetylenes is 1. The van der Waals surface area contributed by atoms with Gasteiger partial charge in [-0.2, -0.15) is 0 Å². The number of aliphatic hydroxyl groups excluding tert-OH is 1. The Morgan fingerprint density at radius 1 is 1.17 bits per heavy atom. The van der Waals surface area contributed by atoms with Crippen LogP contribution in [0, 0.1) is 12.3 Å². The molecule has 0 fully saturated rings. The van der Waals surface area contributed by atoms with Crippen molar-refractivity contribution in [1.29, 1.82) is 0 Å². The standard InChI is InChI=1S/C20H26N2O7/c1-5-15(23)16(22-19(27)29-20(2,3)4)17(24)21-14(18(25)26)12-28-11-13-9-7-6-8-10-13/h1,6-10,14-16,23H,11-12H2,2-4H3,(H,21,24)(H,22,27)(H,25,26)/t14-,15-,16-/m0/s1. The lowest BCUT2D eigenvalue weighted by molar-refractivity contribution is -0.144. The van der Waals surface area contributed by atoms with Crippen molar-refractivity contribution < 1.29 is 34.1 Å². The molecule has 9 nitrogen and oxygen atoms in total. The molecular formula is C20H26N2O7. The molecular weight excluding hydrogens is 380 g/mol. The minimum Gasteiger partial charge on any atom is -0.480 e. The van der Waals surface area contributed by atoms with Gasteiger partial charge < -0.3 is 30.3 Å². The molecule has 0 saturated heterocycles. The highest BCUT2D eigenvalue weighted by atomic mass is 16.6. The van der Waals surface area contributed by atoms with E-state index >= 15 is 0 Å². The molecule has 0 unspecified atom stereocenters. The van der Waals surface area contributed by atoms with E-state index in [0.717, 1.165) is 5.56 Å². The zero-order chi connectivity index (χ0) is 22.0. The minimum absolute atomic E-state index is 0.146. The van der Waals surface area contributed by atoms with Gasteiger partial charge in [0.05, 0.1) is 13.2 Å². The second-order valence-electron chi connectivity index (χ2n) is 7.14. The molecule has 1 aromatic rings.